The van der Waals surface area contributed by atoms with Gasteiger partial charge in [0.05, 0.1) is 6.04 Å². The number of hydrogen-bond donors (Lipinski definition) is 1. The van der Waals surface area contributed by atoms with Crippen molar-refractivity contribution in [2.75, 3.05) is 13.1 Å². The SMILES string of the molecule is CC(C)[C@H](N)C(=O)N1CCC(Br)C1. The van der Waals surface area contributed by atoms with E-state index in [4.69, 9.17) is 5.73 Å². The molecule has 2 N–H and O–H groups in total. The Kier molecular flexibility index (Phi) is 3.74. The predicted molar refractivity (Wildman–Crippen MR) is 56.7 cm³/mol. The van der Waals surface area contributed by atoms with Gasteiger partial charge in [0.15, 0.2) is 0 Å². The topological polar surface area (TPSA) is 46.3 Å². The molecule has 0 aliphatic carbocycles. The average Bonchev–Trinajstić information content (AvgIpc) is 2.49. The molecule has 0 aromatic carbocycles. The molecular weight excluding hydrogens is 232 g/mol. The molecule has 1 amide bonds. The van der Waals surface area contributed by atoms with Crippen molar-refractivity contribution in [3.63, 3.8) is 0 Å². The van der Waals surface area contributed by atoms with Gasteiger partial charge in [0.25, 0.3) is 0 Å². The van der Waals surface area contributed by atoms with Crippen molar-refractivity contribution < 1.29 is 4.79 Å². The van der Waals surface area contributed by atoms with Crippen LogP contribution in [0.2, 0.25) is 0 Å². The summed E-state index contributed by atoms with van der Waals surface area (Å²) in [4.78, 5) is 14.0. The molecule has 4 heteroatoms. The van der Waals surface area contributed by atoms with E-state index < -0.39 is 0 Å². The Balaban J connectivity index is 2.48. The first-order valence-corrected chi connectivity index (χ1v) is 5.62. The van der Waals surface area contributed by atoms with Crippen molar-refractivity contribution in [1.29, 1.82) is 0 Å². The van der Waals surface area contributed by atoms with E-state index >= 15 is 0 Å². The zero-order valence-corrected chi connectivity index (χ0v) is 9.75. The van der Waals surface area contributed by atoms with Gasteiger partial charge in [-0.05, 0) is 12.3 Å². The predicted octanol–water partition coefficient (Wildman–Crippen LogP) is 0.965. The van der Waals surface area contributed by atoms with E-state index in [1.807, 2.05) is 18.7 Å². The van der Waals surface area contributed by atoms with E-state index in [1.54, 1.807) is 0 Å². The van der Waals surface area contributed by atoms with Crippen LogP contribution in [0, 0.1) is 5.92 Å². The zero-order chi connectivity index (χ0) is 10.0. The van der Waals surface area contributed by atoms with E-state index in [1.165, 1.54) is 0 Å². The molecule has 76 valence electrons. The quantitative estimate of drug-likeness (QED) is 0.741. The van der Waals surface area contributed by atoms with Crippen molar-refractivity contribution in [3.05, 3.63) is 0 Å². The Hall–Kier alpha value is -0.0900. The molecule has 1 fully saturated rings. The highest BCUT2D eigenvalue weighted by molar-refractivity contribution is 9.09. The highest BCUT2D eigenvalue weighted by Gasteiger charge is 2.28. The first-order valence-electron chi connectivity index (χ1n) is 4.70. The fraction of sp³-hybridized carbons (Fsp3) is 0.889. The number of amides is 1. The van der Waals surface area contributed by atoms with Gasteiger partial charge in [-0.15, -0.1) is 0 Å². The molecule has 0 aromatic rings. The van der Waals surface area contributed by atoms with Crippen molar-refractivity contribution >= 4 is 21.8 Å². The van der Waals surface area contributed by atoms with E-state index in [0.717, 1.165) is 19.5 Å². The molecule has 1 aliphatic heterocycles. The van der Waals surface area contributed by atoms with Crippen molar-refractivity contribution in [3.8, 4) is 0 Å². The van der Waals surface area contributed by atoms with E-state index in [9.17, 15) is 4.79 Å². The molecule has 1 rings (SSSR count). The smallest absolute Gasteiger partial charge is 0.239 e. The van der Waals surface area contributed by atoms with E-state index in [0.29, 0.717) is 4.83 Å². The van der Waals surface area contributed by atoms with Crippen LogP contribution in [-0.4, -0.2) is 34.8 Å². The second-order valence-corrected chi connectivity index (χ2v) is 5.23. The number of carbonyl (C=O) groups is 1. The molecule has 3 nitrogen and oxygen atoms in total. The lowest BCUT2D eigenvalue weighted by molar-refractivity contribution is -0.132. The van der Waals surface area contributed by atoms with Gasteiger partial charge < -0.3 is 10.6 Å². The van der Waals surface area contributed by atoms with Gasteiger partial charge in [0, 0.05) is 17.9 Å². The molecule has 1 saturated heterocycles. The first kappa shape index (κ1) is 11.0. The van der Waals surface area contributed by atoms with Crippen molar-refractivity contribution in [2.45, 2.75) is 31.1 Å². The van der Waals surface area contributed by atoms with Crippen LogP contribution in [0.5, 0.6) is 0 Å². The monoisotopic (exact) mass is 248 g/mol. The van der Waals surface area contributed by atoms with Crippen LogP contribution in [0.1, 0.15) is 20.3 Å². The number of carbonyl (C=O) groups excluding carboxylic acids is 1. The lowest BCUT2D eigenvalue weighted by Gasteiger charge is -2.22. The number of likely N-dealkylation sites (tertiary alicyclic amines) is 1. The molecule has 2 atom stereocenters. The largest absolute Gasteiger partial charge is 0.340 e. The fourth-order valence-corrected chi connectivity index (χ4v) is 1.97. The number of hydrogen-bond acceptors (Lipinski definition) is 2. The van der Waals surface area contributed by atoms with Crippen LogP contribution >= 0.6 is 15.9 Å². The van der Waals surface area contributed by atoms with Crippen LogP contribution in [0.4, 0.5) is 0 Å². The number of nitrogens with zero attached hydrogens (tertiary/aromatic N) is 1. The molecule has 0 spiro atoms. The van der Waals surface area contributed by atoms with Gasteiger partial charge in [-0.2, -0.15) is 0 Å². The second kappa shape index (κ2) is 4.42. The van der Waals surface area contributed by atoms with Crippen LogP contribution in [-0.2, 0) is 4.79 Å². The van der Waals surface area contributed by atoms with Gasteiger partial charge in [-0.3, -0.25) is 4.79 Å². The van der Waals surface area contributed by atoms with Crippen LogP contribution in [0.25, 0.3) is 0 Å². The maximum Gasteiger partial charge on any atom is 0.239 e. The molecule has 1 aliphatic rings. The van der Waals surface area contributed by atoms with Crippen LogP contribution < -0.4 is 5.73 Å². The summed E-state index contributed by atoms with van der Waals surface area (Å²) in [5, 5.41) is 0. The van der Waals surface area contributed by atoms with E-state index in [2.05, 4.69) is 15.9 Å². The maximum atomic E-state index is 11.7. The van der Waals surface area contributed by atoms with Crippen molar-refractivity contribution in [2.24, 2.45) is 11.7 Å². The molecular formula is C9H17BrN2O. The molecule has 0 saturated carbocycles. The van der Waals surface area contributed by atoms with Crippen LogP contribution in [0.15, 0.2) is 0 Å². The molecule has 0 bridgehead atoms. The highest BCUT2D eigenvalue weighted by Crippen LogP contribution is 2.18. The summed E-state index contributed by atoms with van der Waals surface area (Å²) in [5.41, 5.74) is 5.78. The molecule has 1 heterocycles. The summed E-state index contributed by atoms with van der Waals surface area (Å²) in [5.74, 6) is 0.318. The van der Waals surface area contributed by atoms with Crippen LogP contribution in [0.3, 0.4) is 0 Å². The second-order valence-electron chi connectivity index (χ2n) is 3.94. The Bertz CT molecular complexity index is 196. The summed E-state index contributed by atoms with van der Waals surface area (Å²) < 4.78 is 0. The highest BCUT2D eigenvalue weighted by atomic mass is 79.9. The minimum atomic E-state index is -0.335. The summed E-state index contributed by atoms with van der Waals surface area (Å²) in [6, 6.07) is -0.335. The summed E-state index contributed by atoms with van der Waals surface area (Å²) in [6.07, 6.45) is 1.04. The fourth-order valence-electron chi connectivity index (χ4n) is 1.41. The van der Waals surface area contributed by atoms with Gasteiger partial charge >= 0.3 is 0 Å². The third kappa shape index (κ3) is 2.68. The van der Waals surface area contributed by atoms with Crippen molar-refractivity contribution in [1.82, 2.24) is 4.90 Å². The average molecular weight is 249 g/mol. The lowest BCUT2D eigenvalue weighted by Crippen LogP contribution is -2.45. The van der Waals surface area contributed by atoms with Gasteiger partial charge in [-0.1, -0.05) is 29.8 Å². The third-order valence-corrected chi connectivity index (χ3v) is 3.19. The van der Waals surface area contributed by atoms with E-state index in [-0.39, 0.29) is 17.9 Å². The lowest BCUT2D eigenvalue weighted by atomic mass is 10.0. The van der Waals surface area contributed by atoms with Gasteiger partial charge in [0.1, 0.15) is 0 Å². The number of nitrogens with two attached hydrogens (primary N) is 1. The molecule has 13 heavy (non-hydrogen) atoms. The van der Waals surface area contributed by atoms with Gasteiger partial charge in [0.2, 0.25) is 5.91 Å². The first-order chi connectivity index (χ1) is 6.02. The Morgan fingerprint density at radius 1 is 1.62 bits per heavy atom. The zero-order valence-electron chi connectivity index (χ0n) is 8.16. The summed E-state index contributed by atoms with van der Waals surface area (Å²) in [6.45, 7) is 5.60. The minimum absolute atomic E-state index is 0.0944. The number of alkyl halides is 1. The molecule has 0 aromatic heterocycles. The number of rotatable bonds is 2. The number of halogens is 1. The standard InChI is InChI=1S/C9H17BrN2O/c1-6(2)8(11)9(13)12-4-3-7(10)5-12/h6-8H,3-5,11H2,1-2H3/t7?,8-/m0/s1. The summed E-state index contributed by atoms with van der Waals surface area (Å²) >= 11 is 3.50. The maximum absolute atomic E-state index is 11.7. The van der Waals surface area contributed by atoms with Gasteiger partial charge in [-0.25, -0.2) is 0 Å². The third-order valence-electron chi connectivity index (χ3n) is 2.45. The molecule has 0 radical (unpaired) electrons. The Labute approximate surface area is 87.8 Å². The summed E-state index contributed by atoms with van der Waals surface area (Å²) in [7, 11) is 0. The molecule has 1 unspecified atom stereocenters. The Morgan fingerprint density at radius 3 is 2.62 bits per heavy atom. The Morgan fingerprint density at radius 2 is 2.23 bits per heavy atom. The normalized spacial score (nSPS) is 25.3. The minimum Gasteiger partial charge on any atom is -0.340 e.